The number of aliphatic hydroxyl groups is 1. The molecular weight excluding hydrogens is 330 g/mol. The zero-order valence-corrected chi connectivity index (χ0v) is 16.8. The molecule has 2 aromatic rings. The number of para-hydroxylation sites is 1. The molecule has 0 bridgehead atoms. The molecule has 0 radical (unpaired) electrons. The zero-order valence-electron chi connectivity index (χ0n) is 16.8. The molecule has 1 aromatic heterocycles. The van der Waals surface area contributed by atoms with Crippen LogP contribution < -0.4 is 0 Å². The summed E-state index contributed by atoms with van der Waals surface area (Å²) in [5.74, 6) is 3.28. The van der Waals surface area contributed by atoms with Gasteiger partial charge in [-0.2, -0.15) is 0 Å². The maximum atomic E-state index is 10.7. The van der Waals surface area contributed by atoms with Crippen molar-refractivity contribution in [3.05, 3.63) is 35.5 Å². The molecule has 0 saturated heterocycles. The Morgan fingerprint density at radius 1 is 0.963 bits per heavy atom. The lowest BCUT2D eigenvalue weighted by Gasteiger charge is -2.60. The van der Waals surface area contributed by atoms with Gasteiger partial charge in [-0.05, 0) is 97.5 Å². The zero-order chi connectivity index (χ0) is 18.4. The van der Waals surface area contributed by atoms with Crippen molar-refractivity contribution in [1.29, 1.82) is 0 Å². The Morgan fingerprint density at radius 2 is 1.78 bits per heavy atom. The van der Waals surface area contributed by atoms with Crippen molar-refractivity contribution in [2.24, 2.45) is 34.5 Å². The Balaban J connectivity index is 1.40. The highest BCUT2D eigenvalue weighted by molar-refractivity contribution is 5.85. The van der Waals surface area contributed by atoms with E-state index >= 15 is 0 Å². The standard InChI is InChI=1S/C25H33NO/c1-24-12-11-20-17(19(24)9-10-23(24)27)8-7-15-13-22-18(14-25(15,20)2)16-5-3-4-6-21(16)26-22/h3-6,15,17,19-20,23,26-27H,7-14H2,1-2H3/t15-,17+,19-,20+,23-,24+,25-/m0/s1. The molecule has 144 valence electrons. The van der Waals surface area contributed by atoms with Crippen LogP contribution in [0.4, 0.5) is 0 Å². The number of hydrogen-bond donors (Lipinski definition) is 2. The van der Waals surface area contributed by atoms with E-state index in [0.717, 1.165) is 30.1 Å². The van der Waals surface area contributed by atoms with Crippen LogP contribution in [0.1, 0.15) is 63.6 Å². The van der Waals surface area contributed by atoms with Crippen molar-refractivity contribution in [3.8, 4) is 0 Å². The van der Waals surface area contributed by atoms with Crippen molar-refractivity contribution in [2.45, 2.75) is 71.3 Å². The molecule has 0 unspecified atom stereocenters. The van der Waals surface area contributed by atoms with Gasteiger partial charge >= 0.3 is 0 Å². The highest BCUT2D eigenvalue weighted by atomic mass is 16.3. The summed E-state index contributed by atoms with van der Waals surface area (Å²) in [6.07, 6.45) is 10.1. The van der Waals surface area contributed by atoms with Gasteiger partial charge in [0.05, 0.1) is 6.10 Å². The van der Waals surface area contributed by atoms with Crippen LogP contribution in [0.5, 0.6) is 0 Å². The van der Waals surface area contributed by atoms with Gasteiger partial charge < -0.3 is 10.1 Å². The van der Waals surface area contributed by atoms with Crippen LogP contribution in [0.25, 0.3) is 10.9 Å². The summed E-state index contributed by atoms with van der Waals surface area (Å²) < 4.78 is 0. The van der Waals surface area contributed by atoms with Gasteiger partial charge in [0.2, 0.25) is 0 Å². The maximum absolute atomic E-state index is 10.7. The van der Waals surface area contributed by atoms with E-state index in [-0.39, 0.29) is 11.5 Å². The third-order valence-corrected chi connectivity index (χ3v) is 9.93. The maximum Gasteiger partial charge on any atom is 0.0596 e. The predicted molar refractivity (Wildman–Crippen MR) is 110 cm³/mol. The second-order valence-corrected chi connectivity index (χ2v) is 10.8. The van der Waals surface area contributed by atoms with Crippen molar-refractivity contribution >= 4 is 10.9 Å². The third kappa shape index (κ3) is 2.06. The van der Waals surface area contributed by atoms with E-state index in [9.17, 15) is 5.11 Å². The third-order valence-electron chi connectivity index (χ3n) is 9.93. The second kappa shape index (κ2) is 5.41. The topological polar surface area (TPSA) is 36.0 Å². The molecular formula is C25H33NO. The van der Waals surface area contributed by atoms with Crippen LogP contribution in [0.15, 0.2) is 24.3 Å². The lowest BCUT2D eigenvalue weighted by Crippen LogP contribution is -2.54. The van der Waals surface area contributed by atoms with E-state index in [1.54, 1.807) is 5.56 Å². The lowest BCUT2D eigenvalue weighted by molar-refractivity contribution is -0.111. The van der Waals surface area contributed by atoms with E-state index in [0.29, 0.717) is 5.41 Å². The second-order valence-electron chi connectivity index (χ2n) is 10.8. The van der Waals surface area contributed by atoms with Crippen LogP contribution in [0, 0.1) is 34.5 Å². The summed E-state index contributed by atoms with van der Waals surface area (Å²) in [6.45, 7) is 5.03. The van der Waals surface area contributed by atoms with Crippen LogP contribution >= 0.6 is 0 Å². The van der Waals surface area contributed by atoms with Crippen molar-refractivity contribution in [3.63, 3.8) is 0 Å². The van der Waals surface area contributed by atoms with Gasteiger partial charge in [0.25, 0.3) is 0 Å². The average Bonchev–Trinajstić information content (AvgIpc) is 3.16. The fourth-order valence-electron chi connectivity index (χ4n) is 8.38. The van der Waals surface area contributed by atoms with E-state index < -0.39 is 0 Å². The van der Waals surface area contributed by atoms with Crippen LogP contribution in [-0.4, -0.2) is 16.2 Å². The number of rotatable bonds is 0. The van der Waals surface area contributed by atoms with E-state index in [1.807, 2.05) is 0 Å². The molecule has 1 heterocycles. The Labute approximate surface area is 162 Å². The van der Waals surface area contributed by atoms with E-state index in [1.165, 1.54) is 61.5 Å². The molecule has 3 fully saturated rings. The smallest absolute Gasteiger partial charge is 0.0596 e. The molecule has 0 amide bonds. The Bertz CT molecular complexity index is 899. The summed E-state index contributed by atoms with van der Waals surface area (Å²) in [4.78, 5) is 3.75. The summed E-state index contributed by atoms with van der Waals surface area (Å²) >= 11 is 0. The number of benzene rings is 1. The number of aromatic amines is 1. The van der Waals surface area contributed by atoms with E-state index in [4.69, 9.17) is 0 Å². The number of fused-ring (bicyclic) bond motifs is 8. The van der Waals surface area contributed by atoms with E-state index in [2.05, 4.69) is 43.1 Å². The van der Waals surface area contributed by atoms with Gasteiger partial charge in [0.15, 0.2) is 0 Å². The largest absolute Gasteiger partial charge is 0.393 e. The van der Waals surface area contributed by atoms with Gasteiger partial charge in [-0.1, -0.05) is 32.0 Å². The van der Waals surface area contributed by atoms with Gasteiger partial charge in [-0.3, -0.25) is 0 Å². The quantitative estimate of drug-likeness (QED) is 0.638. The fourth-order valence-corrected chi connectivity index (χ4v) is 8.38. The number of nitrogens with one attached hydrogen (secondary N) is 1. The number of aromatic nitrogens is 1. The summed E-state index contributed by atoms with van der Waals surface area (Å²) in [6, 6.07) is 8.91. The number of aliphatic hydroxyl groups excluding tert-OH is 1. The van der Waals surface area contributed by atoms with Gasteiger partial charge in [-0.25, -0.2) is 0 Å². The first-order valence-corrected chi connectivity index (χ1v) is 11.3. The highest BCUT2D eigenvalue weighted by Gasteiger charge is 2.60. The normalized spacial score (nSPS) is 45.8. The molecule has 4 aliphatic rings. The minimum absolute atomic E-state index is 0.0550. The summed E-state index contributed by atoms with van der Waals surface area (Å²) in [5, 5.41) is 12.2. The molecule has 0 spiro atoms. The van der Waals surface area contributed by atoms with Crippen LogP contribution in [0.2, 0.25) is 0 Å². The molecule has 6 rings (SSSR count). The Hall–Kier alpha value is -1.28. The molecule has 2 heteroatoms. The molecule has 27 heavy (non-hydrogen) atoms. The van der Waals surface area contributed by atoms with Gasteiger partial charge in [0.1, 0.15) is 0 Å². The minimum Gasteiger partial charge on any atom is -0.393 e. The van der Waals surface area contributed by atoms with Crippen LogP contribution in [0.3, 0.4) is 0 Å². The van der Waals surface area contributed by atoms with Crippen molar-refractivity contribution < 1.29 is 5.11 Å². The molecule has 7 atom stereocenters. The summed E-state index contributed by atoms with van der Waals surface area (Å²) in [7, 11) is 0. The number of hydrogen-bond acceptors (Lipinski definition) is 1. The molecule has 2 N–H and O–H groups in total. The Morgan fingerprint density at radius 3 is 2.67 bits per heavy atom. The highest BCUT2D eigenvalue weighted by Crippen LogP contribution is 2.65. The minimum atomic E-state index is -0.0550. The predicted octanol–water partition coefficient (Wildman–Crippen LogP) is 5.49. The first-order valence-electron chi connectivity index (χ1n) is 11.3. The number of H-pyrrole nitrogens is 1. The fraction of sp³-hybridized carbons (Fsp3) is 0.680. The van der Waals surface area contributed by atoms with Gasteiger partial charge in [-0.15, -0.1) is 0 Å². The molecule has 2 nitrogen and oxygen atoms in total. The summed E-state index contributed by atoms with van der Waals surface area (Å²) in [5.41, 5.74) is 5.11. The van der Waals surface area contributed by atoms with Crippen molar-refractivity contribution in [1.82, 2.24) is 4.98 Å². The lowest BCUT2D eigenvalue weighted by atomic mass is 9.45. The first-order chi connectivity index (χ1) is 13.0. The monoisotopic (exact) mass is 363 g/mol. The molecule has 1 aromatic carbocycles. The van der Waals surface area contributed by atoms with Crippen LogP contribution in [-0.2, 0) is 12.8 Å². The van der Waals surface area contributed by atoms with Gasteiger partial charge in [0, 0.05) is 16.6 Å². The molecule has 3 saturated carbocycles. The van der Waals surface area contributed by atoms with Crippen molar-refractivity contribution in [2.75, 3.05) is 0 Å². The molecule has 4 aliphatic carbocycles. The Kier molecular flexibility index (Phi) is 3.33. The SMILES string of the molecule is C[C@]12Cc3c([nH]c4ccccc34)C[C@@H]1CC[C@H]1[C@H]2CC[C@@]2(C)[C@@H](O)CC[C@@H]12. The first kappa shape index (κ1) is 16.7. The average molecular weight is 364 g/mol. The molecule has 0 aliphatic heterocycles.